The SMILES string of the molecule is O=C([O-])c1cccc(C(=O)[O-])c1.O=O.[Cd+2].c1cn[nH]n1.c1cn[nH]n1. The fourth-order valence-electron chi connectivity index (χ4n) is 1.11. The number of aromatic nitrogens is 6. The van der Waals surface area contributed by atoms with Gasteiger partial charge in [-0.2, -0.15) is 30.8 Å². The first-order valence-corrected chi connectivity index (χ1v) is 5.90. The summed E-state index contributed by atoms with van der Waals surface area (Å²) in [4.78, 5) is 34.5. The Labute approximate surface area is 160 Å². The molecule has 0 saturated carbocycles. The van der Waals surface area contributed by atoms with Crippen molar-refractivity contribution in [3.63, 3.8) is 0 Å². The van der Waals surface area contributed by atoms with Crippen LogP contribution in [-0.2, 0) is 27.3 Å². The molecule has 0 aliphatic heterocycles. The molecule has 0 bridgehead atoms. The predicted octanol–water partition coefficient (Wildman–Crippen LogP) is -1.91. The van der Waals surface area contributed by atoms with Crippen LogP contribution in [0.5, 0.6) is 0 Å². The summed E-state index contributed by atoms with van der Waals surface area (Å²) in [5, 5.41) is 39.2. The molecule has 2 heterocycles. The molecule has 0 saturated heterocycles. The van der Waals surface area contributed by atoms with E-state index in [1.807, 2.05) is 0 Å². The summed E-state index contributed by atoms with van der Waals surface area (Å²) >= 11 is 0. The predicted molar refractivity (Wildman–Crippen MR) is 74.6 cm³/mol. The molecular formula is C12H10CdN6O6. The molecule has 0 fully saturated rings. The number of aromatic carboxylic acids is 2. The Morgan fingerprint density at radius 1 is 0.760 bits per heavy atom. The first-order valence-electron chi connectivity index (χ1n) is 5.90. The van der Waals surface area contributed by atoms with E-state index in [1.165, 1.54) is 18.2 Å². The molecule has 0 aliphatic rings. The van der Waals surface area contributed by atoms with Crippen LogP contribution < -0.4 is 10.2 Å². The molecule has 2 aromatic heterocycles. The first kappa shape index (κ1) is 24.2. The van der Waals surface area contributed by atoms with Crippen LogP contribution in [0.4, 0.5) is 0 Å². The Morgan fingerprint density at radius 3 is 1.28 bits per heavy atom. The smallest absolute Gasteiger partial charge is 0.545 e. The van der Waals surface area contributed by atoms with Crippen molar-refractivity contribution in [2.24, 2.45) is 0 Å². The molecule has 0 unspecified atom stereocenters. The quantitative estimate of drug-likeness (QED) is 0.418. The largest absolute Gasteiger partial charge is 2.00 e. The number of H-pyrrole nitrogens is 2. The van der Waals surface area contributed by atoms with Crippen molar-refractivity contribution in [1.29, 1.82) is 0 Å². The number of aromatic amines is 2. The van der Waals surface area contributed by atoms with Crippen molar-refractivity contribution < 1.29 is 47.1 Å². The van der Waals surface area contributed by atoms with Gasteiger partial charge in [0.1, 0.15) is 0 Å². The van der Waals surface area contributed by atoms with Gasteiger partial charge in [0.05, 0.1) is 36.7 Å². The zero-order valence-corrected chi connectivity index (χ0v) is 16.6. The van der Waals surface area contributed by atoms with E-state index in [2.05, 4.69) is 30.8 Å². The molecule has 3 aromatic rings. The first-order chi connectivity index (χ1) is 11.6. The van der Waals surface area contributed by atoms with E-state index in [0.29, 0.717) is 0 Å². The average molecular weight is 447 g/mol. The van der Waals surface area contributed by atoms with Crippen LogP contribution in [0.2, 0.25) is 0 Å². The van der Waals surface area contributed by atoms with Crippen LogP contribution in [-0.4, -0.2) is 42.8 Å². The third kappa shape index (κ3) is 12.1. The standard InChI is InChI=1S/C8H6O4.2C2H3N3.Cd.O2/c9-7(10)5-2-1-3-6(4-5)8(11)12;2*1-2-4-5-3-1;;1-2/h1-4H,(H,9,10)(H,11,12);2*1-2H,(H,3,4,5);;/q;;;+2;/p-2. The number of nitrogens with zero attached hydrogens (tertiary/aromatic N) is 4. The van der Waals surface area contributed by atoms with Crippen LogP contribution >= 0.6 is 0 Å². The van der Waals surface area contributed by atoms with E-state index in [9.17, 15) is 19.8 Å². The fraction of sp³-hybridized carbons (Fsp3) is 0. The van der Waals surface area contributed by atoms with Gasteiger partial charge in [0.2, 0.25) is 0 Å². The van der Waals surface area contributed by atoms with Gasteiger partial charge < -0.3 is 19.8 Å². The van der Waals surface area contributed by atoms with Crippen molar-refractivity contribution in [3.05, 3.63) is 70.1 Å². The van der Waals surface area contributed by atoms with Gasteiger partial charge in [0.15, 0.2) is 0 Å². The number of nitrogens with one attached hydrogen (secondary N) is 2. The molecule has 25 heavy (non-hydrogen) atoms. The molecule has 0 radical (unpaired) electrons. The number of benzene rings is 1. The summed E-state index contributed by atoms with van der Waals surface area (Å²) in [7, 11) is 0. The Kier molecular flexibility index (Phi) is 15.3. The minimum absolute atomic E-state index is 0. The Morgan fingerprint density at radius 2 is 1.08 bits per heavy atom. The number of carbonyl (C=O) groups is 2. The van der Waals surface area contributed by atoms with E-state index in [1.54, 1.807) is 24.8 Å². The van der Waals surface area contributed by atoms with Gasteiger partial charge in [-0.05, 0) is 17.2 Å². The topological polar surface area (TPSA) is 198 Å². The van der Waals surface area contributed by atoms with E-state index in [-0.39, 0.29) is 38.4 Å². The van der Waals surface area contributed by atoms with Crippen molar-refractivity contribution in [2.45, 2.75) is 0 Å². The minimum Gasteiger partial charge on any atom is -0.545 e. The second-order valence-electron chi connectivity index (χ2n) is 3.47. The number of rotatable bonds is 2. The summed E-state index contributed by atoms with van der Waals surface area (Å²) in [6, 6.07) is 4.81. The van der Waals surface area contributed by atoms with Crippen molar-refractivity contribution in [3.8, 4) is 0 Å². The van der Waals surface area contributed by atoms with E-state index in [0.717, 1.165) is 6.07 Å². The molecular weight excluding hydrogens is 437 g/mol. The summed E-state index contributed by atoms with van der Waals surface area (Å²) in [5.74, 6) is -2.81. The summed E-state index contributed by atoms with van der Waals surface area (Å²) < 4.78 is 0. The summed E-state index contributed by atoms with van der Waals surface area (Å²) in [5.41, 5.74) is -0.339. The maximum Gasteiger partial charge on any atom is 2.00 e. The van der Waals surface area contributed by atoms with Crippen LogP contribution in [0, 0.1) is 9.93 Å². The Bertz CT molecular complexity index is 604. The number of carboxylic acids is 2. The van der Waals surface area contributed by atoms with Crippen molar-refractivity contribution in [1.82, 2.24) is 30.8 Å². The number of carboxylic acid groups (broad SMARTS) is 2. The molecule has 12 nitrogen and oxygen atoms in total. The van der Waals surface area contributed by atoms with E-state index < -0.39 is 11.9 Å². The normalized spacial score (nSPS) is 7.84. The third-order valence-electron chi connectivity index (χ3n) is 2.00. The average Bonchev–Trinajstić information content (AvgIpc) is 3.34. The zero-order chi connectivity index (χ0) is 18.2. The zero-order valence-electron chi connectivity index (χ0n) is 12.6. The minimum atomic E-state index is -1.40. The number of hydrogen-bond donors (Lipinski definition) is 2. The maximum atomic E-state index is 10.3. The van der Waals surface area contributed by atoms with Gasteiger partial charge in [0, 0.05) is 9.93 Å². The third-order valence-corrected chi connectivity index (χ3v) is 2.00. The van der Waals surface area contributed by atoms with E-state index in [4.69, 9.17) is 9.93 Å². The molecule has 13 heteroatoms. The maximum absolute atomic E-state index is 10.3. The molecule has 0 aliphatic carbocycles. The van der Waals surface area contributed by atoms with Gasteiger partial charge in [-0.1, -0.05) is 18.2 Å². The molecule has 0 atom stereocenters. The van der Waals surface area contributed by atoms with Crippen molar-refractivity contribution in [2.75, 3.05) is 0 Å². The van der Waals surface area contributed by atoms with E-state index >= 15 is 0 Å². The number of carbonyl (C=O) groups excluding carboxylic acids is 2. The molecule has 0 amide bonds. The van der Waals surface area contributed by atoms with Crippen LogP contribution in [0.25, 0.3) is 0 Å². The van der Waals surface area contributed by atoms with Gasteiger partial charge in [-0.3, -0.25) is 0 Å². The van der Waals surface area contributed by atoms with Crippen LogP contribution in [0.15, 0.2) is 49.1 Å². The molecule has 126 valence electrons. The second kappa shape index (κ2) is 15.8. The summed E-state index contributed by atoms with van der Waals surface area (Å²) in [6.45, 7) is 0. The molecule has 0 spiro atoms. The number of hydrogen-bond acceptors (Lipinski definition) is 10. The van der Waals surface area contributed by atoms with Gasteiger partial charge in [-0.25, -0.2) is 0 Å². The Hall–Kier alpha value is -3.04. The molecule has 2 N–H and O–H groups in total. The van der Waals surface area contributed by atoms with Gasteiger partial charge in [0.25, 0.3) is 0 Å². The van der Waals surface area contributed by atoms with Gasteiger partial charge in [-0.15, -0.1) is 0 Å². The van der Waals surface area contributed by atoms with Gasteiger partial charge >= 0.3 is 27.3 Å². The summed E-state index contributed by atoms with van der Waals surface area (Å²) in [6.07, 6.45) is 6.33. The van der Waals surface area contributed by atoms with Crippen LogP contribution in [0.1, 0.15) is 20.7 Å². The van der Waals surface area contributed by atoms with Crippen molar-refractivity contribution >= 4 is 11.9 Å². The second-order valence-corrected chi connectivity index (χ2v) is 3.47. The monoisotopic (exact) mass is 448 g/mol. The van der Waals surface area contributed by atoms with Crippen LogP contribution in [0.3, 0.4) is 0 Å². The Balaban J connectivity index is 0. The fourth-order valence-corrected chi connectivity index (χ4v) is 1.11. The molecule has 3 rings (SSSR count). The molecule has 1 aromatic carbocycles.